The zero-order chi connectivity index (χ0) is 10.9. The molecule has 1 amide bonds. The lowest BCUT2D eigenvalue weighted by Gasteiger charge is -2.24. The van der Waals surface area contributed by atoms with Gasteiger partial charge in [0.25, 0.3) is 0 Å². The van der Waals surface area contributed by atoms with E-state index in [2.05, 4.69) is 17.1 Å². The first-order valence-corrected chi connectivity index (χ1v) is 6.19. The van der Waals surface area contributed by atoms with Crippen LogP contribution < -0.4 is 5.32 Å². The molecule has 1 aliphatic heterocycles. The lowest BCUT2D eigenvalue weighted by molar-refractivity contribution is -0.132. The Morgan fingerprint density at radius 3 is 2.87 bits per heavy atom. The Kier molecular flexibility index (Phi) is 3.01. The standard InChI is InChI=1S/C12H22N2O/c1-3-4-7-14-9-12(5-6-12)8-13-10(2)11(14)15/h10,13H,3-9H2,1-2H3. The highest BCUT2D eigenvalue weighted by molar-refractivity contribution is 5.81. The third-order valence-corrected chi connectivity index (χ3v) is 3.73. The molecule has 1 N–H and O–H groups in total. The Labute approximate surface area is 92.2 Å². The maximum atomic E-state index is 12.0. The molecule has 0 aromatic heterocycles. The fourth-order valence-electron chi connectivity index (χ4n) is 2.32. The number of carbonyl (C=O) groups excluding carboxylic acids is 1. The van der Waals surface area contributed by atoms with Crippen LogP contribution in [-0.2, 0) is 4.79 Å². The van der Waals surface area contributed by atoms with Gasteiger partial charge in [0.1, 0.15) is 0 Å². The van der Waals surface area contributed by atoms with Gasteiger partial charge in [0.05, 0.1) is 6.04 Å². The van der Waals surface area contributed by atoms with Crippen molar-refractivity contribution in [3.8, 4) is 0 Å². The molecule has 0 aromatic carbocycles. The third kappa shape index (κ3) is 2.33. The topological polar surface area (TPSA) is 32.3 Å². The van der Waals surface area contributed by atoms with Crippen LogP contribution in [0.15, 0.2) is 0 Å². The van der Waals surface area contributed by atoms with Crippen molar-refractivity contribution in [2.75, 3.05) is 19.6 Å². The first-order chi connectivity index (χ1) is 7.17. The molecule has 3 nitrogen and oxygen atoms in total. The van der Waals surface area contributed by atoms with Crippen LogP contribution in [0, 0.1) is 5.41 Å². The summed E-state index contributed by atoms with van der Waals surface area (Å²) >= 11 is 0. The predicted octanol–water partition coefficient (Wildman–Crippen LogP) is 1.39. The van der Waals surface area contributed by atoms with Crippen molar-refractivity contribution in [3.05, 3.63) is 0 Å². The lowest BCUT2D eigenvalue weighted by atomic mass is 10.1. The maximum Gasteiger partial charge on any atom is 0.239 e. The number of amides is 1. The van der Waals surface area contributed by atoms with Crippen molar-refractivity contribution in [3.63, 3.8) is 0 Å². The number of nitrogens with zero attached hydrogens (tertiary/aromatic N) is 1. The SMILES string of the molecule is CCCCN1CC2(CC2)CNC(C)C1=O. The molecule has 0 bridgehead atoms. The predicted molar refractivity (Wildman–Crippen MR) is 60.6 cm³/mol. The molecule has 1 heterocycles. The lowest BCUT2D eigenvalue weighted by Crippen LogP contribution is -2.42. The summed E-state index contributed by atoms with van der Waals surface area (Å²) in [6.07, 6.45) is 4.89. The minimum Gasteiger partial charge on any atom is -0.341 e. The minimum absolute atomic E-state index is 0.0156. The van der Waals surface area contributed by atoms with Gasteiger partial charge >= 0.3 is 0 Å². The van der Waals surface area contributed by atoms with Gasteiger partial charge in [-0.15, -0.1) is 0 Å². The number of hydrogen-bond donors (Lipinski definition) is 1. The molecule has 1 saturated heterocycles. The molecular weight excluding hydrogens is 188 g/mol. The van der Waals surface area contributed by atoms with E-state index in [1.807, 2.05) is 6.92 Å². The molecule has 86 valence electrons. The van der Waals surface area contributed by atoms with Gasteiger partial charge in [-0.3, -0.25) is 4.79 Å². The molecule has 0 radical (unpaired) electrons. The van der Waals surface area contributed by atoms with Crippen molar-refractivity contribution in [1.82, 2.24) is 10.2 Å². The van der Waals surface area contributed by atoms with Crippen molar-refractivity contribution in [2.45, 2.75) is 45.6 Å². The quantitative estimate of drug-likeness (QED) is 0.763. The summed E-state index contributed by atoms with van der Waals surface area (Å²) in [6.45, 7) is 7.13. The average Bonchev–Trinajstić information content (AvgIpc) is 3.01. The minimum atomic E-state index is 0.0156. The molecule has 15 heavy (non-hydrogen) atoms. The van der Waals surface area contributed by atoms with Crippen LogP contribution in [0.25, 0.3) is 0 Å². The molecule has 1 spiro atoms. The molecule has 1 unspecified atom stereocenters. The summed E-state index contributed by atoms with van der Waals surface area (Å²) in [7, 11) is 0. The van der Waals surface area contributed by atoms with Crippen LogP contribution in [0.4, 0.5) is 0 Å². The Morgan fingerprint density at radius 1 is 1.53 bits per heavy atom. The second-order valence-electron chi connectivity index (χ2n) is 5.22. The van der Waals surface area contributed by atoms with Gasteiger partial charge in [-0.25, -0.2) is 0 Å². The average molecular weight is 210 g/mol. The highest BCUT2D eigenvalue weighted by atomic mass is 16.2. The summed E-state index contributed by atoms with van der Waals surface area (Å²) < 4.78 is 0. The second-order valence-corrected chi connectivity index (χ2v) is 5.22. The van der Waals surface area contributed by atoms with Gasteiger partial charge in [-0.05, 0) is 26.2 Å². The largest absolute Gasteiger partial charge is 0.341 e. The molecule has 3 heteroatoms. The maximum absolute atomic E-state index is 12.0. The number of nitrogens with one attached hydrogen (secondary N) is 1. The first kappa shape index (κ1) is 10.9. The molecule has 1 saturated carbocycles. The summed E-state index contributed by atoms with van der Waals surface area (Å²) in [5, 5.41) is 3.36. The molecular formula is C12H22N2O. The molecule has 2 rings (SSSR count). The van der Waals surface area contributed by atoms with Gasteiger partial charge in [0, 0.05) is 25.0 Å². The Bertz CT molecular complexity index is 248. The van der Waals surface area contributed by atoms with Crippen molar-refractivity contribution in [1.29, 1.82) is 0 Å². The van der Waals surface area contributed by atoms with Crippen LogP contribution >= 0.6 is 0 Å². The van der Waals surface area contributed by atoms with Crippen LogP contribution in [0.5, 0.6) is 0 Å². The van der Waals surface area contributed by atoms with Crippen molar-refractivity contribution >= 4 is 5.91 Å². The smallest absolute Gasteiger partial charge is 0.239 e. The molecule has 0 aromatic rings. The van der Waals surface area contributed by atoms with Crippen molar-refractivity contribution < 1.29 is 4.79 Å². The summed E-state index contributed by atoms with van der Waals surface area (Å²) in [5.41, 5.74) is 0.439. The van der Waals surface area contributed by atoms with Gasteiger partial charge in [-0.2, -0.15) is 0 Å². The van der Waals surface area contributed by atoms with E-state index in [0.29, 0.717) is 11.3 Å². The number of unbranched alkanes of at least 4 members (excludes halogenated alkanes) is 1. The summed E-state index contributed by atoms with van der Waals surface area (Å²) in [4.78, 5) is 14.1. The number of hydrogen-bond acceptors (Lipinski definition) is 2. The van der Waals surface area contributed by atoms with E-state index in [0.717, 1.165) is 26.1 Å². The van der Waals surface area contributed by atoms with Gasteiger partial charge in [0.2, 0.25) is 5.91 Å². The Hall–Kier alpha value is -0.570. The second kappa shape index (κ2) is 4.12. The fourth-order valence-corrected chi connectivity index (χ4v) is 2.32. The number of carbonyl (C=O) groups is 1. The van der Waals surface area contributed by atoms with E-state index in [-0.39, 0.29) is 6.04 Å². The van der Waals surface area contributed by atoms with E-state index < -0.39 is 0 Å². The van der Waals surface area contributed by atoms with Crippen molar-refractivity contribution in [2.24, 2.45) is 5.41 Å². The third-order valence-electron chi connectivity index (χ3n) is 3.73. The highest BCUT2D eigenvalue weighted by Gasteiger charge is 2.46. The van der Waals surface area contributed by atoms with E-state index in [4.69, 9.17) is 0 Å². The summed E-state index contributed by atoms with van der Waals surface area (Å²) in [5.74, 6) is 0.298. The first-order valence-electron chi connectivity index (χ1n) is 6.19. The van der Waals surface area contributed by atoms with Gasteiger partial charge in [-0.1, -0.05) is 13.3 Å². The van der Waals surface area contributed by atoms with E-state index in [9.17, 15) is 4.79 Å². The van der Waals surface area contributed by atoms with Crippen LogP contribution in [0.3, 0.4) is 0 Å². The molecule has 1 atom stereocenters. The highest BCUT2D eigenvalue weighted by Crippen LogP contribution is 2.46. The fraction of sp³-hybridized carbons (Fsp3) is 0.917. The number of rotatable bonds is 3. The van der Waals surface area contributed by atoms with E-state index >= 15 is 0 Å². The molecule has 1 aliphatic carbocycles. The summed E-state index contributed by atoms with van der Waals surface area (Å²) in [6, 6.07) is 0.0156. The van der Waals surface area contributed by atoms with Crippen LogP contribution in [0.2, 0.25) is 0 Å². The zero-order valence-corrected chi connectivity index (χ0v) is 9.88. The van der Waals surface area contributed by atoms with E-state index in [1.54, 1.807) is 0 Å². The normalized spacial score (nSPS) is 29.3. The Morgan fingerprint density at radius 2 is 2.27 bits per heavy atom. The van der Waals surface area contributed by atoms with E-state index in [1.165, 1.54) is 19.3 Å². The van der Waals surface area contributed by atoms with Gasteiger partial charge < -0.3 is 10.2 Å². The molecule has 2 fully saturated rings. The van der Waals surface area contributed by atoms with Gasteiger partial charge in [0.15, 0.2) is 0 Å². The van der Waals surface area contributed by atoms with Crippen LogP contribution in [-0.4, -0.2) is 36.5 Å². The Balaban J connectivity index is 2.00. The van der Waals surface area contributed by atoms with Crippen LogP contribution in [0.1, 0.15) is 39.5 Å². The monoisotopic (exact) mass is 210 g/mol. The zero-order valence-electron chi connectivity index (χ0n) is 9.88. The molecule has 2 aliphatic rings.